The smallest absolute Gasteiger partial charge is 0.408 e. The summed E-state index contributed by atoms with van der Waals surface area (Å²) in [7, 11) is 1.60. The van der Waals surface area contributed by atoms with Crippen LogP contribution in [0.25, 0.3) is 11.1 Å². The lowest BCUT2D eigenvalue weighted by Gasteiger charge is -2.05. The fraction of sp³-hybridized carbons (Fsp3) is 0.211. The van der Waals surface area contributed by atoms with Crippen molar-refractivity contribution in [1.82, 2.24) is 4.57 Å². The number of oxazole rings is 1. The lowest BCUT2D eigenvalue weighted by Crippen LogP contribution is -2.13. The zero-order chi connectivity index (χ0) is 18.0. The Morgan fingerprint density at radius 1 is 1.08 bits per heavy atom. The van der Waals surface area contributed by atoms with Gasteiger partial charge in [-0.15, -0.1) is 0 Å². The molecule has 0 saturated heterocycles. The molecular formula is C19H18N2O4. The standard InChI is InChI=1S/C19H18N2O4/c1-12-3-5-13(6-4-12)16(22)8-10-18(23)20-14-7-9-17-15(11-14)21(2)19(24)25-17/h3-7,9,11H,8,10H2,1-2H3,(H,20,23). The topological polar surface area (TPSA) is 81.3 Å². The molecular weight excluding hydrogens is 320 g/mol. The summed E-state index contributed by atoms with van der Waals surface area (Å²) in [6, 6.07) is 12.2. The third-order valence-corrected chi connectivity index (χ3v) is 4.03. The molecule has 1 N–H and O–H groups in total. The summed E-state index contributed by atoms with van der Waals surface area (Å²) in [5.41, 5.74) is 3.29. The van der Waals surface area contributed by atoms with E-state index in [9.17, 15) is 14.4 Å². The Hall–Kier alpha value is -3.15. The normalized spacial score (nSPS) is 10.8. The van der Waals surface area contributed by atoms with E-state index in [1.807, 2.05) is 19.1 Å². The lowest BCUT2D eigenvalue weighted by molar-refractivity contribution is -0.116. The molecule has 128 valence electrons. The quantitative estimate of drug-likeness (QED) is 0.725. The highest BCUT2D eigenvalue weighted by Gasteiger charge is 2.11. The second-order valence-corrected chi connectivity index (χ2v) is 5.95. The number of aromatic nitrogens is 1. The average Bonchev–Trinajstić information content (AvgIpc) is 2.88. The van der Waals surface area contributed by atoms with E-state index in [2.05, 4.69) is 5.32 Å². The van der Waals surface area contributed by atoms with Gasteiger partial charge in [0.05, 0.1) is 5.52 Å². The van der Waals surface area contributed by atoms with E-state index in [1.54, 1.807) is 37.4 Å². The fourth-order valence-corrected chi connectivity index (χ4v) is 2.54. The number of carbonyl (C=O) groups is 2. The molecule has 0 atom stereocenters. The number of amides is 1. The molecule has 25 heavy (non-hydrogen) atoms. The molecule has 3 aromatic rings. The number of ketones is 1. The van der Waals surface area contributed by atoms with Crippen LogP contribution in [0.2, 0.25) is 0 Å². The van der Waals surface area contributed by atoms with Gasteiger partial charge in [0, 0.05) is 31.1 Å². The minimum Gasteiger partial charge on any atom is -0.408 e. The maximum absolute atomic E-state index is 12.1. The van der Waals surface area contributed by atoms with E-state index in [1.165, 1.54) is 4.57 Å². The van der Waals surface area contributed by atoms with Crippen LogP contribution in [0.1, 0.15) is 28.8 Å². The first-order valence-corrected chi connectivity index (χ1v) is 7.93. The SMILES string of the molecule is Cc1ccc(C(=O)CCC(=O)Nc2ccc3oc(=O)n(C)c3c2)cc1. The first-order valence-electron chi connectivity index (χ1n) is 7.93. The predicted molar refractivity (Wildman–Crippen MR) is 94.8 cm³/mol. The number of fused-ring (bicyclic) bond motifs is 1. The van der Waals surface area contributed by atoms with Gasteiger partial charge in [-0.1, -0.05) is 29.8 Å². The number of Topliss-reactive ketones (excluding diaryl/α,β-unsaturated/α-hetero) is 1. The third-order valence-electron chi connectivity index (χ3n) is 4.03. The van der Waals surface area contributed by atoms with Crippen molar-refractivity contribution in [3.05, 3.63) is 64.1 Å². The van der Waals surface area contributed by atoms with Gasteiger partial charge in [0.15, 0.2) is 11.4 Å². The molecule has 0 aliphatic carbocycles. The molecule has 1 amide bonds. The Labute approximate surface area is 144 Å². The maximum atomic E-state index is 12.1. The summed E-state index contributed by atoms with van der Waals surface area (Å²) in [6.07, 6.45) is 0.233. The van der Waals surface area contributed by atoms with Gasteiger partial charge in [-0.2, -0.15) is 0 Å². The number of nitrogens with zero attached hydrogens (tertiary/aromatic N) is 1. The molecule has 1 heterocycles. The highest BCUT2D eigenvalue weighted by atomic mass is 16.4. The number of hydrogen-bond acceptors (Lipinski definition) is 4. The van der Waals surface area contributed by atoms with Gasteiger partial charge in [0.25, 0.3) is 0 Å². The van der Waals surface area contributed by atoms with Crippen LogP contribution in [-0.2, 0) is 11.8 Å². The van der Waals surface area contributed by atoms with E-state index in [4.69, 9.17) is 4.42 Å². The van der Waals surface area contributed by atoms with E-state index in [0.717, 1.165) is 5.56 Å². The van der Waals surface area contributed by atoms with Crippen molar-refractivity contribution in [3.8, 4) is 0 Å². The first kappa shape index (κ1) is 16.7. The molecule has 6 nitrogen and oxygen atoms in total. The Morgan fingerprint density at radius 3 is 2.52 bits per heavy atom. The Morgan fingerprint density at radius 2 is 1.80 bits per heavy atom. The van der Waals surface area contributed by atoms with E-state index < -0.39 is 5.76 Å². The molecule has 2 aromatic carbocycles. The highest BCUT2D eigenvalue weighted by Crippen LogP contribution is 2.18. The van der Waals surface area contributed by atoms with Crippen LogP contribution in [0.5, 0.6) is 0 Å². The van der Waals surface area contributed by atoms with Crippen LogP contribution in [0.4, 0.5) is 5.69 Å². The molecule has 0 fully saturated rings. The van der Waals surface area contributed by atoms with Crippen LogP contribution in [0.3, 0.4) is 0 Å². The van der Waals surface area contributed by atoms with Crippen molar-refractivity contribution in [2.75, 3.05) is 5.32 Å². The van der Waals surface area contributed by atoms with Crippen molar-refractivity contribution >= 4 is 28.5 Å². The van der Waals surface area contributed by atoms with Gasteiger partial charge < -0.3 is 9.73 Å². The number of aryl methyl sites for hydroxylation is 2. The molecule has 3 rings (SSSR count). The summed E-state index contributed by atoms with van der Waals surface area (Å²) in [4.78, 5) is 35.7. The Kier molecular flexibility index (Phi) is 4.52. The van der Waals surface area contributed by atoms with Crippen LogP contribution >= 0.6 is 0 Å². The van der Waals surface area contributed by atoms with E-state index in [-0.39, 0.29) is 24.5 Å². The molecule has 0 aliphatic heterocycles. The third kappa shape index (κ3) is 3.68. The number of nitrogens with one attached hydrogen (secondary N) is 1. The molecule has 0 saturated carbocycles. The molecule has 1 aromatic heterocycles. The molecule has 0 spiro atoms. The second-order valence-electron chi connectivity index (χ2n) is 5.95. The maximum Gasteiger partial charge on any atom is 0.419 e. The molecule has 0 radical (unpaired) electrons. The molecule has 6 heteroatoms. The van der Waals surface area contributed by atoms with Gasteiger partial charge in [0.1, 0.15) is 0 Å². The zero-order valence-electron chi connectivity index (χ0n) is 14.0. The minimum absolute atomic E-state index is 0.0668. The zero-order valence-corrected chi connectivity index (χ0v) is 14.0. The van der Waals surface area contributed by atoms with Gasteiger partial charge in [-0.25, -0.2) is 4.79 Å². The summed E-state index contributed by atoms with van der Waals surface area (Å²) in [5.74, 6) is -0.779. The molecule has 0 unspecified atom stereocenters. The van der Waals surface area contributed by atoms with Gasteiger partial charge in [0.2, 0.25) is 5.91 Å². The predicted octanol–water partition coefficient (Wildman–Crippen LogP) is 3.04. The van der Waals surface area contributed by atoms with Crippen molar-refractivity contribution in [2.45, 2.75) is 19.8 Å². The van der Waals surface area contributed by atoms with Crippen LogP contribution in [0.15, 0.2) is 51.7 Å². The fourth-order valence-electron chi connectivity index (χ4n) is 2.54. The number of carbonyl (C=O) groups excluding carboxylic acids is 2. The average molecular weight is 338 g/mol. The summed E-state index contributed by atoms with van der Waals surface area (Å²) >= 11 is 0. The number of hydrogen-bond donors (Lipinski definition) is 1. The van der Waals surface area contributed by atoms with Crippen LogP contribution in [0, 0.1) is 6.92 Å². The number of rotatable bonds is 5. The van der Waals surface area contributed by atoms with Crippen molar-refractivity contribution in [2.24, 2.45) is 7.05 Å². The van der Waals surface area contributed by atoms with Crippen LogP contribution < -0.4 is 11.1 Å². The monoisotopic (exact) mass is 338 g/mol. The summed E-state index contributed by atoms with van der Waals surface area (Å²) in [5, 5.41) is 2.74. The van der Waals surface area contributed by atoms with E-state index in [0.29, 0.717) is 22.4 Å². The van der Waals surface area contributed by atoms with Gasteiger partial charge in [-0.05, 0) is 25.1 Å². The van der Waals surface area contributed by atoms with Crippen LogP contribution in [-0.4, -0.2) is 16.3 Å². The Bertz CT molecular complexity index is 996. The van der Waals surface area contributed by atoms with Crippen molar-refractivity contribution in [1.29, 1.82) is 0 Å². The van der Waals surface area contributed by atoms with Crippen molar-refractivity contribution in [3.63, 3.8) is 0 Å². The molecule has 0 bridgehead atoms. The van der Waals surface area contributed by atoms with E-state index >= 15 is 0 Å². The first-order chi connectivity index (χ1) is 11.9. The lowest BCUT2D eigenvalue weighted by atomic mass is 10.0. The Balaban J connectivity index is 1.62. The minimum atomic E-state index is -0.456. The second kappa shape index (κ2) is 6.76. The largest absolute Gasteiger partial charge is 0.419 e. The summed E-state index contributed by atoms with van der Waals surface area (Å²) in [6.45, 7) is 1.95. The van der Waals surface area contributed by atoms with Gasteiger partial charge in [-0.3, -0.25) is 14.2 Å². The molecule has 0 aliphatic rings. The number of anilines is 1. The highest BCUT2D eigenvalue weighted by molar-refractivity contribution is 6.00. The van der Waals surface area contributed by atoms with Crippen molar-refractivity contribution < 1.29 is 14.0 Å². The summed E-state index contributed by atoms with van der Waals surface area (Å²) < 4.78 is 6.41. The van der Waals surface area contributed by atoms with Gasteiger partial charge >= 0.3 is 5.76 Å². The number of benzene rings is 2.